The Hall–Kier alpha value is -2.00. The highest BCUT2D eigenvalue weighted by Gasteiger charge is 2.49. The number of halogens is 4. The summed E-state index contributed by atoms with van der Waals surface area (Å²) in [5.41, 5.74) is -0.265. The molecule has 1 amide bonds. The Morgan fingerprint density at radius 3 is 2.74 bits per heavy atom. The third-order valence-corrected chi connectivity index (χ3v) is 6.43. The molecule has 3 heterocycles. The number of carbonyl (C=O) groups is 2. The van der Waals surface area contributed by atoms with Gasteiger partial charge in [0.2, 0.25) is 0 Å². The zero-order chi connectivity index (χ0) is 19.4. The van der Waals surface area contributed by atoms with Gasteiger partial charge in [0, 0.05) is 23.2 Å². The number of thiophene rings is 1. The number of ether oxygens (including phenoxy) is 2. The fourth-order valence-corrected chi connectivity index (χ4v) is 5.10. The average molecular weight is 420 g/mol. The van der Waals surface area contributed by atoms with E-state index in [1.807, 2.05) is 0 Å². The van der Waals surface area contributed by atoms with Crippen LogP contribution in [0.5, 0.6) is 5.75 Å². The standard InChI is InChI=1S/C17H13ClF3NO4S/c18-13-12-9(26-17(19,20)21)2-1-3-10(12)27-14(13)15(24)22-7-16(8-22)4-5-25-11(23)6-16/h1-3H,4-8H2. The van der Waals surface area contributed by atoms with Gasteiger partial charge >= 0.3 is 12.3 Å². The number of rotatable bonds is 2. The molecule has 2 saturated heterocycles. The van der Waals surface area contributed by atoms with E-state index >= 15 is 0 Å². The molecular weight excluding hydrogens is 407 g/mol. The molecule has 1 aromatic heterocycles. The Morgan fingerprint density at radius 1 is 1.33 bits per heavy atom. The minimum absolute atomic E-state index is 0.0520. The van der Waals surface area contributed by atoms with Gasteiger partial charge in [0.15, 0.2) is 0 Å². The normalized spacial score (nSPS) is 19.1. The summed E-state index contributed by atoms with van der Waals surface area (Å²) in [5, 5.41) is 0.0187. The molecule has 2 fully saturated rings. The van der Waals surface area contributed by atoms with Gasteiger partial charge in [0.05, 0.1) is 23.4 Å². The lowest BCUT2D eigenvalue weighted by Gasteiger charge is -2.51. The van der Waals surface area contributed by atoms with Gasteiger partial charge in [-0.2, -0.15) is 0 Å². The van der Waals surface area contributed by atoms with E-state index < -0.39 is 12.1 Å². The number of nitrogens with zero attached hydrogens (tertiary/aromatic N) is 1. The molecule has 27 heavy (non-hydrogen) atoms. The minimum atomic E-state index is -4.86. The molecule has 0 aliphatic carbocycles. The highest BCUT2D eigenvalue weighted by Crippen LogP contribution is 2.45. The number of amides is 1. The number of hydrogen-bond acceptors (Lipinski definition) is 5. The van der Waals surface area contributed by atoms with Crippen LogP contribution in [0.3, 0.4) is 0 Å². The first-order valence-corrected chi connectivity index (χ1v) is 9.29. The Bertz CT molecular complexity index is 936. The second-order valence-corrected chi connectivity index (χ2v) is 8.16. The van der Waals surface area contributed by atoms with E-state index in [9.17, 15) is 22.8 Å². The van der Waals surface area contributed by atoms with Crippen molar-refractivity contribution in [3.63, 3.8) is 0 Å². The first kappa shape index (κ1) is 18.4. The second-order valence-electron chi connectivity index (χ2n) is 6.73. The number of likely N-dealkylation sites (tertiary alicyclic amines) is 1. The molecule has 0 unspecified atom stereocenters. The maximum Gasteiger partial charge on any atom is 0.573 e. The van der Waals surface area contributed by atoms with E-state index in [0.717, 1.165) is 17.4 Å². The van der Waals surface area contributed by atoms with Gasteiger partial charge in [0.1, 0.15) is 10.6 Å². The highest BCUT2D eigenvalue weighted by atomic mass is 35.5. The summed E-state index contributed by atoms with van der Waals surface area (Å²) in [6.45, 7) is 1.14. The molecule has 144 valence electrons. The van der Waals surface area contributed by atoms with Crippen LogP contribution in [0.25, 0.3) is 10.1 Å². The van der Waals surface area contributed by atoms with Crippen LogP contribution < -0.4 is 4.74 Å². The van der Waals surface area contributed by atoms with Gasteiger partial charge in [-0.25, -0.2) is 0 Å². The van der Waals surface area contributed by atoms with Gasteiger partial charge < -0.3 is 14.4 Å². The summed E-state index contributed by atoms with van der Waals surface area (Å²) in [6, 6.07) is 4.16. The van der Waals surface area contributed by atoms with Crippen molar-refractivity contribution >= 4 is 44.9 Å². The predicted octanol–water partition coefficient (Wildman–Crippen LogP) is 4.23. The van der Waals surface area contributed by atoms with Crippen LogP contribution >= 0.6 is 22.9 Å². The van der Waals surface area contributed by atoms with Crippen molar-refractivity contribution in [1.29, 1.82) is 0 Å². The largest absolute Gasteiger partial charge is 0.573 e. The molecule has 1 aromatic carbocycles. The molecule has 0 bridgehead atoms. The third-order valence-electron chi connectivity index (χ3n) is 4.79. The minimum Gasteiger partial charge on any atom is -0.466 e. The number of benzene rings is 1. The van der Waals surface area contributed by atoms with Crippen LogP contribution in [0.15, 0.2) is 18.2 Å². The third kappa shape index (κ3) is 3.34. The predicted molar refractivity (Wildman–Crippen MR) is 92.0 cm³/mol. The lowest BCUT2D eigenvalue weighted by atomic mass is 9.73. The number of carbonyl (C=O) groups excluding carboxylic acids is 2. The van der Waals surface area contributed by atoms with Gasteiger partial charge in [-0.15, -0.1) is 24.5 Å². The molecule has 2 aliphatic heterocycles. The fraction of sp³-hybridized carbons (Fsp3) is 0.412. The first-order valence-electron chi connectivity index (χ1n) is 8.09. The maximum absolute atomic E-state index is 12.8. The van der Waals surface area contributed by atoms with E-state index in [1.54, 1.807) is 11.0 Å². The number of alkyl halides is 3. The number of fused-ring (bicyclic) bond motifs is 1. The molecule has 0 atom stereocenters. The van der Waals surface area contributed by atoms with Crippen molar-refractivity contribution in [2.75, 3.05) is 19.7 Å². The Balaban J connectivity index is 1.59. The molecule has 0 radical (unpaired) electrons. The molecule has 10 heteroatoms. The number of cyclic esters (lactones) is 1. The molecular formula is C17H13ClF3NO4S. The van der Waals surface area contributed by atoms with Crippen LogP contribution in [0.4, 0.5) is 13.2 Å². The first-order chi connectivity index (χ1) is 12.7. The van der Waals surface area contributed by atoms with E-state index in [0.29, 0.717) is 30.8 Å². The highest BCUT2D eigenvalue weighted by molar-refractivity contribution is 7.21. The summed E-state index contributed by atoms with van der Waals surface area (Å²) < 4.78 is 47.3. The van der Waals surface area contributed by atoms with Gasteiger partial charge in [0.25, 0.3) is 5.91 Å². The van der Waals surface area contributed by atoms with Crippen LogP contribution in [0, 0.1) is 5.41 Å². The van der Waals surface area contributed by atoms with E-state index in [1.165, 1.54) is 6.07 Å². The summed E-state index contributed by atoms with van der Waals surface area (Å²) in [4.78, 5) is 26.0. The van der Waals surface area contributed by atoms with Crippen molar-refractivity contribution in [2.24, 2.45) is 5.41 Å². The Kier molecular flexibility index (Phi) is 4.27. The average Bonchev–Trinajstić information content (AvgIpc) is 2.88. The summed E-state index contributed by atoms with van der Waals surface area (Å²) in [5.74, 6) is -1.07. The van der Waals surface area contributed by atoms with Crippen molar-refractivity contribution in [3.05, 3.63) is 28.1 Å². The summed E-state index contributed by atoms with van der Waals surface area (Å²) >= 11 is 7.28. The van der Waals surface area contributed by atoms with Crippen molar-refractivity contribution in [3.8, 4) is 5.75 Å². The molecule has 2 aliphatic rings. The van der Waals surface area contributed by atoms with E-state index in [4.69, 9.17) is 16.3 Å². The van der Waals surface area contributed by atoms with Crippen LogP contribution in [-0.2, 0) is 9.53 Å². The smallest absolute Gasteiger partial charge is 0.466 e. The molecule has 2 aromatic rings. The Morgan fingerprint density at radius 2 is 2.07 bits per heavy atom. The topological polar surface area (TPSA) is 55.8 Å². The van der Waals surface area contributed by atoms with E-state index in [2.05, 4.69) is 4.74 Å². The zero-order valence-corrected chi connectivity index (χ0v) is 15.3. The summed E-state index contributed by atoms with van der Waals surface area (Å²) in [6.07, 6.45) is -3.91. The fourth-order valence-electron chi connectivity index (χ4n) is 3.58. The SMILES string of the molecule is O=C1CC2(CCO1)CN(C(=O)c1sc3cccc(OC(F)(F)F)c3c1Cl)C2. The molecule has 5 nitrogen and oxygen atoms in total. The zero-order valence-electron chi connectivity index (χ0n) is 13.8. The van der Waals surface area contributed by atoms with Gasteiger partial charge in [-0.3, -0.25) is 9.59 Å². The van der Waals surface area contributed by atoms with Crippen molar-refractivity contribution < 1.29 is 32.2 Å². The van der Waals surface area contributed by atoms with Crippen LogP contribution in [-0.4, -0.2) is 42.8 Å². The van der Waals surface area contributed by atoms with Crippen molar-refractivity contribution in [2.45, 2.75) is 19.2 Å². The molecule has 4 rings (SSSR count). The van der Waals surface area contributed by atoms with Crippen LogP contribution in [0.1, 0.15) is 22.5 Å². The lowest BCUT2D eigenvalue weighted by Crippen LogP contribution is -2.60. The monoisotopic (exact) mass is 419 g/mol. The number of hydrogen-bond donors (Lipinski definition) is 0. The van der Waals surface area contributed by atoms with Crippen LogP contribution in [0.2, 0.25) is 5.02 Å². The Labute approximate surface area is 160 Å². The quantitative estimate of drug-likeness (QED) is 0.683. The van der Waals surface area contributed by atoms with E-state index in [-0.39, 0.29) is 39.0 Å². The van der Waals surface area contributed by atoms with Gasteiger partial charge in [-0.1, -0.05) is 17.7 Å². The number of esters is 1. The molecule has 1 spiro atoms. The maximum atomic E-state index is 12.8. The van der Waals surface area contributed by atoms with Gasteiger partial charge in [-0.05, 0) is 18.6 Å². The molecule has 0 N–H and O–H groups in total. The lowest BCUT2D eigenvalue weighted by molar-refractivity contribution is -0.274. The van der Waals surface area contributed by atoms with Crippen molar-refractivity contribution in [1.82, 2.24) is 4.90 Å². The second kappa shape index (κ2) is 6.27. The summed E-state index contributed by atoms with van der Waals surface area (Å²) in [7, 11) is 0. The molecule has 0 saturated carbocycles.